The summed E-state index contributed by atoms with van der Waals surface area (Å²) in [6.07, 6.45) is 3.41. The number of nitrogens with zero attached hydrogens (tertiary/aromatic N) is 2. The molecular formula is C7H12N4. The lowest BCUT2D eigenvalue weighted by molar-refractivity contribution is 0.903. The molecule has 11 heavy (non-hydrogen) atoms. The average molecular weight is 152 g/mol. The molecule has 1 aromatic heterocycles. The molecular weight excluding hydrogens is 140 g/mol. The molecule has 4 N–H and O–H groups in total. The number of hydrogen-bond acceptors (Lipinski definition) is 4. The molecule has 0 atom stereocenters. The molecule has 0 saturated heterocycles. The first-order valence-corrected chi connectivity index (χ1v) is 3.61. The van der Waals surface area contributed by atoms with Crippen molar-refractivity contribution in [2.24, 2.45) is 0 Å². The molecule has 4 heteroatoms. The normalized spacial score (nSPS) is 9.91. The Bertz CT molecular complexity index is 226. The van der Waals surface area contributed by atoms with Crippen LogP contribution in [0.15, 0.2) is 6.20 Å². The number of rotatable bonds is 2. The van der Waals surface area contributed by atoms with Gasteiger partial charge in [-0.05, 0) is 6.42 Å². The summed E-state index contributed by atoms with van der Waals surface area (Å²) in [6, 6.07) is 0. The van der Waals surface area contributed by atoms with Crippen LogP contribution in [-0.2, 0) is 6.42 Å². The largest absolute Gasteiger partial charge is 0.397 e. The highest BCUT2D eigenvalue weighted by molar-refractivity contribution is 5.54. The van der Waals surface area contributed by atoms with E-state index in [0.717, 1.165) is 18.4 Å². The minimum absolute atomic E-state index is 0.451. The van der Waals surface area contributed by atoms with E-state index in [4.69, 9.17) is 11.5 Å². The van der Waals surface area contributed by atoms with Crippen LogP contribution in [0.4, 0.5) is 11.5 Å². The van der Waals surface area contributed by atoms with E-state index in [9.17, 15) is 0 Å². The minimum atomic E-state index is 0.451. The molecule has 0 spiro atoms. The highest BCUT2D eigenvalue weighted by Gasteiger charge is 2.03. The maximum atomic E-state index is 5.62. The first-order valence-electron chi connectivity index (χ1n) is 3.61. The van der Waals surface area contributed by atoms with Crippen molar-refractivity contribution in [3.05, 3.63) is 11.8 Å². The third-order valence-electron chi connectivity index (χ3n) is 1.52. The second-order valence-corrected chi connectivity index (χ2v) is 2.41. The van der Waals surface area contributed by atoms with Gasteiger partial charge in [0.25, 0.3) is 0 Å². The fourth-order valence-electron chi connectivity index (χ4n) is 0.962. The molecule has 0 unspecified atom stereocenters. The number of nitrogen functional groups attached to an aromatic ring is 2. The predicted octanol–water partition coefficient (Wildman–Crippen LogP) is 0.594. The number of aromatic nitrogens is 2. The molecule has 1 heterocycles. The molecule has 0 amide bonds. The van der Waals surface area contributed by atoms with Gasteiger partial charge in [0.2, 0.25) is 0 Å². The van der Waals surface area contributed by atoms with Gasteiger partial charge in [-0.25, -0.2) is 0 Å². The van der Waals surface area contributed by atoms with Crippen molar-refractivity contribution in [1.29, 1.82) is 0 Å². The van der Waals surface area contributed by atoms with Gasteiger partial charge in [0.1, 0.15) is 0 Å². The van der Waals surface area contributed by atoms with Gasteiger partial charge < -0.3 is 11.5 Å². The smallest absolute Gasteiger partial charge is 0.151 e. The molecule has 0 radical (unpaired) electrons. The van der Waals surface area contributed by atoms with E-state index in [1.54, 1.807) is 0 Å². The van der Waals surface area contributed by atoms with E-state index in [-0.39, 0.29) is 0 Å². The van der Waals surface area contributed by atoms with E-state index in [1.807, 2.05) is 0 Å². The molecule has 1 aromatic rings. The van der Waals surface area contributed by atoms with E-state index in [1.165, 1.54) is 6.20 Å². The highest BCUT2D eigenvalue weighted by atomic mass is 15.1. The molecule has 1 rings (SSSR count). The van der Waals surface area contributed by atoms with E-state index in [0.29, 0.717) is 11.5 Å². The Labute approximate surface area is 65.6 Å². The number of anilines is 2. The Morgan fingerprint density at radius 2 is 2.18 bits per heavy atom. The summed E-state index contributed by atoms with van der Waals surface area (Å²) < 4.78 is 0. The minimum Gasteiger partial charge on any atom is -0.397 e. The summed E-state index contributed by atoms with van der Waals surface area (Å²) in [4.78, 5) is 0. The zero-order chi connectivity index (χ0) is 8.27. The van der Waals surface area contributed by atoms with Crippen molar-refractivity contribution in [2.45, 2.75) is 19.8 Å². The van der Waals surface area contributed by atoms with E-state index in [2.05, 4.69) is 17.1 Å². The third-order valence-corrected chi connectivity index (χ3v) is 1.52. The molecule has 0 aromatic carbocycles. The Hall–Kier alpha value is -1.32. The standard InChI is InChI=1S/C7H12N4/c1-2-3-5-6(8)4-10-11-7(5)9/h4H,2-3H2,1H3,(H4,8,9,11). The van der Waals surface area contributed by atoms with Crippen LogP contribution >= 0.6 is 0 Å². The average Bonchev–Trinajstić information content (AvgIpc) is 1.97. The zero-order valence-electron chi connectivity index (χ0n) is 6.54. The van der Waals surface area contributed by atoms with Gasteiger partial charge in [0.15, 0.2) is 5.82 Å². The molecule has 0 fully saturated rings. The van der Waals surface area contributed by atoms with Gasteiger partial charge in [-0.15, -0.1) is 5.10 Å². The summed E-state index contributed by atoms with van der Waals surface area (Å²) in [6.45, 7) is 2.07. The van der Waals surface area contributed by atoms with Crippen molar-refractivity contribution in [1.82, 2.24) is 10.2 Å². The third kappa shape index (κ3) is 1.58. The lowest BCUT2D eigenvalue weighted by Gasteiger charge is -2.04. The molecule has 0 bridgehead atoms. The van der Waals surface area contributed by atoms with Crippen molar-refractivity contribution in [3.8, 4) is 0 Å². The monoisotopic (exact) mass is 152 g/mol. The second kappa shape index (κ2) is 3.18. The SMILES string of the molecule is CCCc1c(N)cnnc1N. The number of nitrogens with two attached hydrogens (primary N) is 2. The fraction of sp³-hybridized carbons (Fsp3) is 0.429. The summed E-state index contributed by atoms with van der Waals surface area (Å²) in [7, 11) is 0. The van der Waals surface area contributed by atoms with Crippen LogP contribution in [0.5, 0.6) is 0 Å². The quantitative estimate of drug-likeness (QED) is 0.650. The lowest BCUT2D eigenvalue weighted by atomic mass is 10.1. The maximum Gasteiger partial charge on any atom is 0.151 e. The van der Waals surface area contributed by atoms with Crippen LogP contribution in [0.25, 0.3) is 0 Å². The first-order chi connectivity index (χ1) is 5.25. The van der Waals surface area contributed by atoms with Crippen LogP contribution < -0.4 is 11.5 Å². The van der Waals surface area contributed by atoms with Gasteiger partial charge in [-0.1, -0.05) is 13.3 Å². The van der Waals surface area contributed by atoms with E-state index < -0.39 is 0 Å². The second-order valence-electron chi connectivity index (χ2n) is 2.41. The molecule has 0 aliphatic rings. The van der Waals surface area contributed by atoms with Crippen molar-refractivity contribution in [3.63, 3.8) is 0 Å². The Morgan fingerprint density at radius 3 is 2.73 bits per heavy atom. The molecule has 0 aliphatic carbocycles. The first kappa shape index (κ1) is 7.78. The van der Waals surface area contributed by atoms with Crippen LogP contribution in [0, 0.1) is 0 Å². The zero-order valence-corrected chi connectivity index (χ0v) is 6.54. The highest BCUT2D eigenvalue weighted by Crippen LogP contribution is 2.16. The summed E-state index contributed by atoms with van der Waals surface area (Å²) in [5.74, 6) is 0.451. The van der Waals surface area contributed by atoms with Gasteiger partial charge >= 0.3 is 0 Å². The Balaban J connectivity index is 3.00. The lowest BCUT2D eigenvalue weighted by Crippen LogP contribution is -2.03. The Morgan fingerprint density at radius 1 is 1.45 bits per heavy atom. The number of hydrogen-bond donors (Lipinski definition) is 2. The molecule has 60 valence electrons. The van der Waals surface area contributed by atoms with Crippen LogP contribution in [0.1, 0.15) is 18.9 Å². The molecule has 0 saturated carbocycles. The van der Waals surface area contributed by atoms with Gasteiger partial charge in [0, 0.05) is 5.56 Å². The topological polar surface area (TPSA) is 77.8 Å². The van der Waals surface area contributed by atoms with Crippen molar-refractivity contribution < 1.29 is 0 Å². The van der Waals surface area contributed by atoms with Crippen LogP contribution in [0.3, 0.4) is 0 Å². The van der Waals surface area contributed by atoms with Crippen molar-refractivity contribution >= 4 is 11.5 Å². The summed E-state index contributed by atoms with van der Waals surface area (Å²) in [5.41, 5.74) is 12.7. The van der Waals surface area contributed by atoms with Crippen molar-refractivity contribution in [2.75, 3.05) is 11.5 Å². The molecule has 4 nitrogen and oxygen atoms in total. The fourth-order valence-corrected chi connectivity index (χ4v) is 0.962. The van der Waals surface area contributed by atoms with Gasteiger partial charge in [0.05, 0.1) is 11.9 Å². The van der Waals surface area contributed by atoms with E-state index >= 15 is 0 Å². The van der Waals surface area contributed by atoms with Crippen LogP contribution in [-0.4, -0.2) is 10.2 Å². The maximum absolute atomic E-state index is 5.62. The van der Waals surface area contributed by atoms with Crippen LogP contribution in [0.2, 0.25) is 0 Å². The summed E-state index contributed by atoms with van der Waals surface area (Å²) in [5, 5.41) is 7.33. The predicted molar refractivity (Wildman–Crippen MR) is 44.9 cm³/mol. The Kier molecular flexibility index (Phi) is 2.25. The van der Waals surface area contributed by atoms with Gasteiger partial charge in [-0.2, -0.15) is 5.10 Å². The molecule has 0 aliphatic heterocycles. The van der Waals surface area contributed by atoms with Gasteiger partial charge in [-0.3, -0.25) is 0 Å². The summed E-state index contributed by atoms with van der Waals surface area (Å²) >= 11 is 0.